The monoisotopic (exact) mass is 209 g/mol. The molecule has 2 rings (SSSR count). The molecule has 15 heavy (non-hydrogen) atoms. The zero-order valence-corrected chi connectivity index (χ0v) is 9.68. The average Bonchev–Trinajstić information content (AvgIpc) is 2.59. The number of nitrogens with one attached hydrogen (secondary N) is 3. The molecule has 2 fully saturated rings. The Morgan fingerprint density at radius 1 is 1.40 bits per heavy atom. The lowest BCUT2D eigenvalue weighted by atomic mass is 9.85. The zero-order chi connectivity index (χ0) is 10.7. The van der Waals surface area contributed by atoms with Crippen molar-refractivity contribution in [2.24, 2.45) is 5.92 Å². The first-order valence-corrected chi connectivity index (χ1v) is 6.26. The van der Waals surface area contributed by atoms with Gasteiger partial charge in [-0.2, -0.15) is 0 Å². The van der Waals surface area contributed by atoms with E-state index in [2.05, 4.69) is 10.6 Å². The summed E-state index contributed by atoms with van der Waals surface area (Å²) in [5.41, 5.74) is 0.727. The molecule has 1 aliphatic heterocycles. The highest BCUT2D eigenvalue weighted by Gasteiger charge is 2.34. The van der Waals surface area contributed by atoms with Gasteiger partial charge >= 0.3 is 0 Å². The van der Waals surface area contributed by atoms with Crippen LogP contribution in [0.5, 0.6) is 0 Å². The highest BCUT2D eigenvalue weighted by atomic mass is 15.0. The number of hydrogen-bond donors (Lipinski definition) is 3. The zero-order valence-electron chi connectivity index (χ0n) is 9.68. The van der Waals surface area contributed by atoms with Crippen LogP contribution in [0.3, 0.4) is 0 Å². The molecule has 2 aliphatic rings. The maximum atomic E-state index is 7.35. The number of hydrogen-bond acceptors (Lipinski definition) is 3. The Bertz CT molecular complexity index is 213. The summed E-state index contributed by atoms with van der Waals surface area (Å²) in [4.78, 5) is 0. The van der Waals surface area contributed by atoms with E-state index in [1.165, 1.54) is 32.1 Å². The normalized spacial score (nSPS) is 35.1. The van der Waals surface area contributed by atoms with E-state index in [4.69, 9.17) is 5.41 Å². The van der Waals surface area contributed by atoms with E-state index >= 15 is 0 Å². The molecule has 3 N–H and O–H groups in total. The summed E-state index contributed by atoms with van der Waals surface area (Å²) in [5, 5.41) is 14.4. The highest BCUT2D eigenvalue weighted by Crippen LogP contribution is 2.32. The maximum absolute atomic E-state index is 7.35. The second kappa shape index (κ2) is 5.08. The molecular weight excluding hydrogens is 186 g/mol. The van der Waals surface area contributed by atoms with Gasteiger partial charge in [-0.3, -0.25) is 0 Å². The first-order valence-electron chi connectivity index (χ1n) is 6.26. The summed E-state index contributed by atoms with van der Waals surface area (Å²) < 4.78 is 0. The molecule has 3 heteroatoms. The van der Waals surface area contributed by atoms with Gasteiger partial charge in [0.05, 0.1) is 0 Å². The van der Waals surface area contributed by atoms with E-state index in [1.807, 2.05) is 6.92 Å². The van der Waals surface area contributed by atoms with Crippen LogP contribution in [0.4, 0.5) is 0 Å². The third-order valence-corrected chi connectivity index (χ3v) is 3.73. The van der Waals surface area contributed by atoms with E-state index < -0.39 is 0 Å². The van der Waals surface area contributed by atoms with Crippen molar-refractivity contribution in [3.05, 3.63) is 0 Å². The van der Waals surface area contributed by atoms with Crippen LogP contribution in [0.1, 0.15) is 39.0 Å². The van der Waals surface area contributed by atoms with Gasteiger partial charge in [-0.25, -0.2) is 0 Å². The van der Waals surface area contributed by atoms with Gasteiger partial charge in [0, 0.05) is 30.9 Å². The molecule has 1 heterocycles. The quantitative estimate of drug-likeness (QED) is 0.615. The Balaban J connectivity index is 1.69. The summed E-state index contributed by atoms with van der Waals surface area (Å²) in [6.45, 7) is 3.63. The van der Waals surface area contributed by atoms with Crippen molar-refractivity contribution < 1.29 is 0 Å². The number of rotatable bonds is 4. The molecule has 0 spiro atoms. The third-order valence-electron chi connectivity index (χ3n) is 3.73. The van der Waals surface area contributed by atoms with Gasteiger partial charge in [-0.1, -0.05) is 12.8 Å². The predicted octanol–water partition coefficient (Wildman–Crippen LogP) is 1.54. The largest absolute Gasteiger partial charge is 0.310 e. The van der Waals surface area contributed by atoms with Crippen LogP contribution in [0.25, 0.3) is 0 Å². The molecule has 0 radical (unpaired) electrons. The first-order chi connectivity index (χ1) is 7.25. The van der Waals surface area contributed by atoms with Crippen LogP contribution in [-0.2, 0) is 0 Å². The molecule has 1 saturated heterocycles. The van der Waals surface area contributed by atoms with Crippen LogP contribution in [0.15, 0.2) is 0 Å². The molecule has 0 amide bonds. The van der Waals surface area contributed by atoms with Crippen LogP contribution in [0, 0.1) is 11.3 Å². The van der Waals surface area contributed by atoms with Gasteiger partial charge in [0.1, 0.15) is 0 Å². The Labute approximate surface area is 92.5 Å². The summed E-state index contributed by atoms with van der Waals surface area (Å²) in [7, 11) is 0. The topological polar surface area (TPSA) is 47.9 Å². The Morgan fingerprint density at radius 2 is 2.20 bits per heavy atom. The van der Waals surface area contributed by atoms with Crippen molar-refractivity contribution in [3.8, 4) is 0 Å². The minimum Gasteiger partial charge on any atom is -0.310 e. The van der Waals surface area contributed by atoms with Crippen LogP contribution < -0.4 is 10.6 Å². The standard InChI is InChI=1S/C12H23N3/c1-9(13)7-14-8-11-6-10-4-2-3-5-12(10)15-11/h10-15H,2-8H2,1H3/t10?,11-,12?/m0/s1. The van der Waals surface area contributed by atoms with E-state index in [9.17, 15) is 0 Å². The molecule has 0 aromatic carbocycles. The fourth-order valence-corrected chi connectivity index (χ4v) is 3.02. The van der Waals surface area contributed by atoms with Gasteiger partial charge in [-0.15, -0.1) is 0 Å². The van der Waals surface area contributed by atoms with Crippen molar-refractivity contribution >= 4 is 5.71 Å². The maximum Gasteiger partial charge on any atom is 0.0330 e. The average molecular weight is 209 g/mol. The fourth-order valence-electron chi connectivity index (χ4n) is 3.02. The highest BCUT2D eigenvalue weighted by molar-refractivity contribution is 5.80. The fraction of sp³-hybridized carbons (Fsp3) is 0.917. The van der Waals surface area contributed by atoms with Crippen molar-refractivity contribution in [3.63, 3.8) is 0 Å². The Morgan fingerprint density at radius 3 is 2.93 bits per heavy atom. The van der Waals surface area contributed by atoms with Gasteiger partial charge in [-0.05, 0) is 32.1 Å². The molecule has 0 aromatic heterocycles. The summed E-state index contributed by atoms with van der Waals surface area (Å²) >= 11 is 0. The molecule has 2 unspecified atom stereocenters. The molecule has 86 valence electrons. The second-order valence-electron chi connectivity index (χ2n) is 5.16. The van der Waals surface area contributed by atoms with E-state index in [1.54, 1.807) is 0 Å². The van der Waals surface area contributed by atoms with E-state index in [0.29, 0.717) is 6.04 Å². The second-order valence-corrected chi connectivity index (χ2v) is 5.16. The molecular formula is C12H23N3. The SMILES string of the molecule is CC(=N)CNC[C@@H]1CC2CCCCC2N1. The predicted molar refractivity (Wildman–Crippen MR) is 63.6 cm³/mol. The van der Waals surface area contributed by atoms with Crippen molar-refractivity contribution in [1.29, 1.82) is 5.41 Å². The third kappa shape index (κ3) is 3.02. The molecule has 1 saturated carbocycles. The lowest BCUT2D eigenvalue weighted by Gasteiger charge is -2.24. The van der Waals surface area contributed by atoms with Crippen LogP contribution >= 0.6 is 0 Å². The smallest absolute Gasteiger partial charge is 0.0330 e. The van der Waals surface area contributed by atoms with Gasteiger partial charge in [0.25, 0.3) is 0 Å². The minimum absolute atomic E-state index is 0.650. The molecule has 3 nitrogen and oxygen atoms in total. The lowest BCUT2D eigenvalue weighted by molar-refractivity contribution is 0.325. The Kier molecular flexibility index (Phi) is 3.76. The van der Waals surface area contributed by atoms with E-state index in [0.717, 1.165) is 30.8 Å². The number of fused-ring (bicyclic) bond motifs is 1. The summed E-state index contributed by atoms with van der Waals surface area (Å²) in [6.07, 6.45) is 6.99. The molecule has 3 atom stereocenters. The lowest BCUT2D eigenvalue weighted by Crippen LogP contribution is -2.39. The van der Waals surface area contributed by atoms with Crippen molar-refractivity contribution in [1.82, 2.24) is 10.6 Å². The van der Waals surface area contributed by atoms with Gasteiger partial charge in [0.15, 0.2) is 0 Å². The summed E-state index contributed by atoms with van der Waals surface area (Å²) in [5.74, 6) is 0.937. The minimum atomic E-state index is 0.650. The Hall–Kier alpha value is -0.410. The van der Waals surface area contributed by atoms with Crippen molar-refractivity contribution in [2.75, 3.05) is 13.1 Å². The first kappa shape index (κ1) is 11.1. The summed E-state index contributed by atoms with van der Waals surface area (Å²) in [6, 6.07) is 1.45. The van der Waals surface area contributed by atoms with Crippen LogP contribution in [0.2, 0.25) is 0 Å². The van der Waals surface area contributed by atoms with Gasteiger partial charge < -0.3 is 16.0 Å². The van der Waals surface area contributed by atoms with Crippen LogP contribution in [-0.4, -0.2) is 30.9 Å². The molecule has 0 bridgehead atoms. The van der Waals surface area contributed by atoms with E-state index in [-0.39, 0.29) is 0 Å². The van der Waals surface area contributed by atoms with Crippen molar-refractivity contribution in [2.45, 2.75) is 51.1 Å². The molecule has 1 aliphatic carbocycles. The van der Waals surface area contributed by atoms with Gasteiger partial charge in [0.2, 0.25) is 0 Å². The molecule has 0 aromatic rings.